The maximum atomic E-state index is 12.1. The fourth-order valence-electron chi connectivity index (χ4n) is 2.30. The summed E-state index contributed by atoms with van der Waals surface area (Å²) in [7, 11) is 0. The highest BCUT2D eigenvalue weighted by molar-refractivity contribution is 6.31. The molecule has 2 aromatic carbocycles. The molecule has 0 heterocycles. The zero-order chi connectivity index (χ0) is 19.6. The third kappa shape index (κ3) is 6.46. The highest BCUT2D eigenvalue weighted by Gasteiger charge is 2.16. The lowest BCUT2D eigenvalue weighted by molar-refractivity contribution is -0.150. The minimum atomic E-state index is -0.924. The molecule has 27 heavy (non-hydrogen) atoms. The first kappa shape index (κ1) is 20.5. The summed E-state index contributed by atoms with van der Waals surface area (Å²) in [5.41, 5.74) is 1.55. The summed E-state index contributed by atoms with van der Waals surface area (Å²) < 4.78 is 10.6. The smallest absolute Gasteiger partial charge is 0.331 e. The fraction of sp³-hybridized carbons (Fsp3) is 0.238. The molecule has 0 aromatic heterocycles. The summed E-state index contributed by atoms with van der Waals surface area (Å²) >= 11 is 6.05. The van der Waals surface area contributed by atoms with Crippen molar-refractivity contribution in [1.82, 2.24) is 5.32 Å². The Kier molecular flexibility index (Phi) is 7.89. The summed E-state index contributed by atoms with van der Waals surface area (Å²) in [5, 5.41) is 3.27. The van der Waals surface area contributed by atoms with Gasteiger partial charge in [0.1, 0.15) is 5.75 Å². The molecule has 1 atom stereocenters. The van der Waals surface area contributed by atoms with Gasteiger partial charge in [0.2, 0.25) is 0 Å². The van der Waals surface area contributed by atoms with Crippen LogP contribution in [0.25, 0.3) is 6.08 Å². The number of benzene rings is 2. The van der Waals surface area contributed by atoms with Crippen LogP contribution < -0.4 is 10.1 Å². The van der Waals surface area contributed by atoms with E-state index >= 15 is 0 Å². The zero-order valence-corrected chi connectivity index (χ0v) is 16.0. The Morgan fingerprint density at radius 3 is 2.59 bits per heavy atom. The average molecular weight is 388 g/mol. The van der Waals surface area contributed by atoms with Crippen molar-refractivity contribution < 1.29 is 19.1 Å². The maximum Gasteiger partial charge on any atom is 0.331 e. The second kappa shape index (κ2) is 10.4. The first-order chi connectivity index (χ1) is 13.0. The van der Waals surface area contributed by atoms with E-state index in [0.717, 1.165) is 11.1 Å². The quantitative estimate of drug-likeness (QED) is 0.549. The number of halogens is 1. The van der Waals surface area contributed by atoms with Crippen molar-refractivity contribution in [3.63, 3.8) is 0 Å². The fourth-order valence-corrected chi connectivity index (χ4v) is 2.50. The van der Waals surface area contributed by atoms with Crippen molar-refractivity contribution in [3.8, 4) is 5.75 Å². The van der Waals surface area contributed by atoms with E-state index in [1.807, 2.05) is 49.4 Å². The Morgan fingerprint density at radius 2 is 1.85 bits per heavy atom. The third-order valence-electron chi connectivity index (χ3n) is 3.69. The number of amides is 1. The molecule has 142 valence electrons. The van der Waals surface area contributed by atoms with Gasteiger partial charge >= 0.3 is 5.97 Å². The molecule has 6 heteroatoms. The van der Waals surface area contributed by atoms with Gasteiger partial charge in [-0.05, 0) is 37.6 Å². The summed E-state index contributed by atoms with van der Waals surface area (Å²) in [6.07, 6.45) is 1.95. The van der Waals surface area contributed by atoms with Gasteiger partial charge in [0.05, 0.1) is 6.61 Å². The predicted molar refractivity (Wildman–Crippen MR) is 105 cm³/mol. The number of carbonyl (C=O) groups is 2. The van der Waals surface area contributed by atoms with E-state index in [4.69, 9.17) is 21.1 Å². The molecule has 0 bridgehead atoms. The van der Waals surface area contributed by atoms with Crippen molar-refractivity contribution in [2.45, 2.75) is 26.5 Å². The zero-order valence-electron chi connectivity index (χ0n) is 15.3. The Bertz CT molecular complexity index is 819. The number of hydrogen-bond donors (Lipinski definition) is 1. The topological polar surface area (TPSA) is 64.6 Å². The first-order valence-electron chi connectivity index (χ1n) is 8.63. The highest BCUT2D eigenvalue weighted by atomic mass is 35.5. The maximum absolute atomic E-state index is 12.1. The number of carbonyl (C=O) groups excluding carboxylic acids is 2. The first-order valence-corrected chi connectivity index (χ1v) is 9.00. The largest absolute Gasteiger partial charge is 0.493 e. The monoisotopic (exact) mass is 387 g/mol. The SMILES string of the molecule is CCOc1ccccc1/C=C/C(=O)O[C@@H](C)C(=O)NCc1ccccc1Cl. The van der Waals surface area contributed by atoms with Crippen LogP contribution in [0.2, 0.25) is 5.02 Å². The van der Waals surface area contributed by atoms with Crippen molar-refractivity contribution in [3.05, 3.63) is 70.8 Å². The van der Waals surface area contributed by atoms with Crippen molar-refractivity contribution in [2.75, 3.05) is 6.61 Å². The van der Waals surface area contributed by atoms with Crippen LogP contribution in [0.1, 0.15) is 25.0 Å². The van der Waals surface area contributed by atoms with Gasteiger partial charge in [0.15, 0.2) is 6.10 Å². The standard InChI is InChI=1S/C21H22ClNO4/c1-3-26-19-11-7-5-8-16(19)12-13-20(24)27-15(2)21(25)23-14-17-9-4-6-10-18(17)22/h4-13,15H,3,14H2,1-2H3,(H,23,25)/b13-12+/t15-/m0/s1. The van der Waals surface area contributed by atoms with Gasteiger partial charge in [0, 0.05) is 23.2 Å². The van der Waals surface area contributed by atoms with Gasteiger partial charge in [-0.3, -0.25) is 4.79 Å². The van der Waals surface area contributed by atoms with Crippen LogP contribution in [0.4, 0.5) is 0 Å². The van der Waals surface area contributed by atoms with Crippen molar-refractivity contribution in [1.29, 1.82) is 0 Å². The van der Waals surface area contributed by atoms with Crippen LogP contribution in [0.15, 0.2) is 54.6 Å². The van der Waals surface area contributed by atoms with Gasteiger partial charge < -0.3 is 14.8 Å². The lowest BCUT2D eigenvalue weighted by Crippen LogP contribution is -2.35. The molecule has 0 saturated carbocycles. The van der Waals surface area contributed by atoms with Crippen molar-refractivity contribution >= 4 is 29.6 Å². The Labute approximate surface area is 163 Å². The Hall–Kier alpha value is -2.79. The van der Waals surface area contributed by atoms with Gasteiger partial charge in [-0.2, -0.15) is 0 Å². The second-order valence-electron chi connectivity index (χ2n) is 5.69. The van der Waals surface area contributed by atoms with Gasteiger partial charge in [-0.25, -0.2) is 4.79 Å². The van der Waals surface area contributed by atoms with E-state index in [9.17, 15) is 9.59 Å². The van der Waals surface area contributed by atoms with Gasteiger partial charge in [-0.1, -0.05) is 48.0 Å². The summed E-state index contributed by atoms with van der Waals surface area (Å²) in [6, 6.07) is 14.6. The summed E-state index contributed by atoms with van der Waals surface area (Å²) in [6.45, 7) is 4.19. The molecule has 0 aliphatic heterocycles. The molecule has 0 aliphatic rings. The van der Waals surface area contributed by atoms with Crippen LogP contribution in [0, 0.1) is 0 Å². The lowest BCUT2D eigenvalue weighted by atomic mass is 10.2. The number of nitrogens with one attached hydrogen (secondary N) is 1. The normalized spacial score (nSPS) is 11.8. The van der Waals surface area contributed by atoms with Crippen LogP contribution in [-0.2, 0) is 20.9 Å². The minimum Gasteiger partial charge on any atom is -0.493 e. The number of hydrogen-bond acceptors (Lipinski definition) is 4. The van der Waals surface area contributed by atoms with E-state index in [1.54, 1.807) is 12.1 Å². The van der Waals surface area contributed by atoms with Crippen LogP contribution in [0.5, 0.6) is 5.75 Å². The molecule has 2 aromatic rings. The van der Waals surface area contributed by atoms with E-state index < -0.39 is 18.0 Å². The molecule has 0 aliphatic carbocycles. The van der Waals surface area contributed by atoms with Crippen LogP contribution in [-0.4, -0.2) is 24.6 Å². The molecule has 0 radical (unpaired) electrons. The molecule has 0 unspecified atom stereocenters. The number of para-hydroxylation sites is 1. The van der Waals surface area contributed by atoms with E-state index in [0.29, 0.717) is 17.4 Å². The third-order valence-corrected chi connectivity index (χ3v) is 4.06. The van der Waals surface area contributed by atoms with Crippen molar-refractivity contribution in [2.24, 2.45) is 0 Å². The minimum absolute atomic E-state index is 0.262. The molecule has 1 N–H and O–H groups in total. The summed E-state index contributed by atoms with van der Waals surface area (Å²) in [5.74, 6) is -0.331. The van der Waals surface area contributed by atoms with Gasteiger partial charge in [0.25, 0.3) is 5.91 Å². The second-order valence-corrected chi connectivity index (χ2v) is 6.10. The molecular formula is C21H22ClNO4. The molecule has 5 nitrogen and oxygen atoms in total. The number of rotatable bonds is 8. The molecule has 1 amide bonds. The molecule has 0 fully saturated rings. The molecule has 0 saturated heterocycles. The predicted octanol–water partition coefficient (Wildman–Crippen LogP) is 4.00. The molecule has 2 rings (SSSR count). The lowest BCUT2D eigenvalue weighted by Gasteiger charge is -2.13. The van der Waals surface area contributed by atoms with E-state index in [1.165, 1.54) is 13.0 Å². The van der Waals surface area contributed by atoms with Crippen LogP contribution in [0.3, 0.4) is 0 Å². The molecular weight excluding hydrogens is 366 g/mol. The average Bonchev–Trinajstić information content (AvgIpc) is 2.66. The highest BCUT2D eigenvalue weighted by Crippen LogP contribution is 2.19. The van der Waals surface area contributed by atoms with E-state index in [-0.39, 0.29) is 6.54 Å². The summed E-state index contributed by atoms with van der Waals surface area (Å²) in [4.78, 5) is 24.1. The van der Waals surface area contributed by atoms with Gasteiger partial charge in [-0.15, -0.1) is 0 Å². The Morgan fingerprint density at radius 1 is 1.15 bits per heavy atom. The number of esters is 1. The van der Waals surface area contributed by atoms with Crippen LogP contribution >= 0.6 is 11.6 Å². The Balaban J connectivity index is 1.87. The number of ether oxygens (including phenoxy) is 2. The molecule has 0 spiro atoms. The van der Waals surface area contributed by atoms with E-state index in [2.05, 4.69) is 5.32 Å².